The zero-order valence-corrected chi connectivity index (χ0v) is 13.0. The molecule has 1 fully saturated rings. The predicted molar refractivity (Wildman–Crippen MR) is 86.2 cm³/mol. The summed E-state index contributed by atoms with van der Waals surface area (Å²) in [5.41, 5.74) is 0.883. The third-order valence-corrected chi connectivity index (χ3v) is 3.42. The number of anilines is 3. The minimum Gasteiger partial charge on any atom is -0.493 e. The Balaban J connectivity index is 1.81. The van der Waals surface area contributed by atoms with E-state index in [2.05, 4.69) is 20.6 Å². The van der Waals surface area contributed by atoms with Crippen molar-refractivity contribution in [1.82, 2.24) is 9.97 Å². The molecule has 0 radical (unpaired) electrons. The molecule has 22 heavy (non-hydrogen) atoms. The van der Waals surface area contributed by atoms with Gasteiger partial charge in [-0.25, -0.2) is 9.97 Å². The molecule has 116 valence electrons. The number of aromatic nitrogens is 2. The van der Waals surface area contributed by atoms with Crippen LogP contribution in [0.25, 0.3) is 0 Å². The third-order valence-electron chi connectivity index (χ3n) is 3.42. The quantitative estimate of drug-likeness (QED) is 0.854. The van der Waals surface area contributed by atoms with Crippen LogP contribution in [0.5, 0.6) is 11.5 Å². The molecule has 0 atom stereocenters. The first-order valence-electron chi connectivity index (χ1n) is 7.29. The Kier molecular flexibility index (Phi) is 4.00. The maximum Gasteiger partial charge on any atom is 0.162 e. The van der Waals surface area contributed by atoms with Crippen molar-refractivity contribution in [2.24, 2.45) is 0 Å². The highest BCUT2D eigenvalue weighted by atomic mass is 16.5. The van der Waals surface area contributed by atoms with E-state index in [1.54, 1.807) is 14.2 Å². The van der Waals surface area contributed by atoms with Crippen LogP contribution in [0.1, 0.15) is 18.7 Å². The van der Waals surface area contributed by atoms with Gasteiger partial charge < -0.3 is 20.1 Å². The van der Waals surface area contributed by atoms with E-state index in [0.717, 1.165) is 23.1 Å². The molecule has 6 nitrogen and oxygen atoms in total. The van der Waals surface area contributed by atoms with E-state index < -0.39 is 0 Å². The molecule has 0 spiro atoms. The highest BCUT2D eigenvalue weighted by Crippen LogP contribution is 2.31. The standard InChI is InChI=1S/C16H20N4O2/c1-10-17-15(19-11-4-5-11)9-16(18-10)20-12-6-7-13(21-2)14(8-12)22-3/h6-9,11H,4-5H2,1-3H3,(H2,17,18,19,20). The van der Waals surface area contributed by atoms with Crippen LogP contribution in [-0.2, 0) is 0 Å². The van der Waals surface area contributed by atoms with Crippen molar-refractivity contribution in [1.29, 1.82) is 0 Å². The fourth-order valence-electron chi connectivity index (χ4n) is 2.20. The molecule has 1 aliphatic rings. The number of rotatable bonds is 6. The van der Waals surface area contributed by atoms with Crippen LogP contribution in [0.3, 0.4) is 0 Å². The highest BCUT2D eigenvalue weighted by Gasteiger charge is 2.21. The molecule has 2 N–H and O–H groups in total. The molecule has 0 bridgehead atoms. The van der Waals surface area contributed by atoms with Crippen LogP contribution < -0.4 is 20.1 Å². The van der Waals surface area contributed by atoms with Gasteiger partial charge in [0.1, 0.15) is 17.5 Å². The Morgan fingerprint density at radius 3 is 2.41 bits per heavy atom. The van der Waals surface area contributed by atoms with Gasteiger partial charge in [-0.1, -0.05) is 0 Å². The van der Waals surface area contributed by atoms with E-state index in [4.69, 9.17) is 9.47 Å². The Morgan fingerprint density at radius 1 is 1.00 bits per heavy atom. The lowest BCUT2D eigenvalue weighted by Gasteiger charge is -2.12. The number of benzene rings is 1. The van der Waals surface area contributed by atoms with Crippen molar-refractivity contribution in [2.75, 3.05) is 24.9 Å². The Morgan fingerprint density at radius 2 is 1.73 bits per heavy atom. The fraction of sp³-hybridized carbons (Fsp3) is 0.375. The van der Waals surface area contributed by atoms with Crippen LogP contribution >= 0.6 is 0 Å². The summed E-state index contributed by atoms with van der Waals surface area (Å²) in [5.74, 6) is 3.71. The van der Waals surface area contributed by atoms with Crippen molar-refractivity contribution in [3.8, 4) is 11.5 Å². The minimum absolute atomic E-state index is 0.559. The molecule has 0 aliphatic heterocycles. The lowest BCUT2D eigenvalue weighted by atomic mass is 10.2. The first kappa shape index (κ1) is 14.4. The summed E-state index contributed by atoms with van der Waals surface area (Å²) in [6.45, 7) is 1.89. The van der Waals surface area contributed by atoms with E-state index in [-0.39, 0.29) is 0 Å². The summed E-state index contributed by atoms with van der Waals surface area (Å²) in [7, 11) is 3.24. The van der Waals surface area contributed by atoms with Gasteiger partial charge in [-0.15, -0.1) is 0 Å². The smallest absolute Gasteiger partial charge is 0.162 e. The van der Waals surface area contributed by atoms with E-state index >= 15 is 0 Å². The van der Waals surface area contributed by atoms with Crippen molar-refractivity contribution in [2.45, 2.75) is 25.8 Å². The normalized spacial score (nSPS) is 13.6. The maximum atomic E-state index is 5.31. The lowest BCUT2D eigenvalue weighted by molar-refractivity contribution is 0.355. The fourth-order valence-corrected chi connectivity index (χ4v) is 2.20. The zero-order valence-electron chi connectivity index (χ0n) is 13.0. The second-order valence-corrected chi connectivity index (χ2v) is 5.30. The first-order valence-corrected chi connectivity index (χ1v) is 7.29. The summed E-state index contributed by atoms with van der Waals surface area (Å²) in [6.07, 6.45) is 2.42. The molecule has 1 aromatic carbocycles. The van der Waals surface area contributed by atoms with E-state index in [9.17, 15) is 0 Å². The number of methoxy groups -OCH3 is 2. The third kappa shape index (κ3) is 3.39. The predicted octanol–water partition coefficient (Wildman–Crippen LogP) is 3.12. The summed E-state index contributed by atoms with van der Waals surface area (Å²) in [5, 5.41) is 6.67. The van der Waals surface area contributed by atoms with Gasteiger partial charge >= 0.3 is 0 Å². The first-order chi connectivity index (χ1) is 10.7. The minimum atomic E-state index is 0.559. The van der Waals surface area contributed by atoms with Gasteiger partial charge in [-0.2, -0.15) is 0 Å². The zero-order chi connectivity index (χ0) is 15.5. The van der Waals surface area contributed by atoms with Crippen LogP contribution in [0.15, 0.2) is 24.3 Å². The second kappa shape index (κ2) is 6.09. The van der Waals surface area contributed by atoms with Gasteiger partial charge in [0.05, 0.1) is 14.2 Å². The second-order valence-electron chi connectivity index (χ2n) is 5.30. The number of hydrogen-bond donors (Lipinski definition) is 2. The van der Waals surface area contributed by atoms with Crippen molar-refractivity contribution < 1.29 is 9.47 Å². The monoisotopic (exact) mass is 300 g/mol. The summed E-state index contributed by atoms with van der Waals surface area (Å²) >= 11 is 0. The molecule has 1 heterocycles. The number of aryl methyl sites for hydroxylation is 1. The van der Waals surface area contributed by atoms with Gasteiger partial charge in [0, 0.05) is 23.9 Å². The van der Waals surface area contributed by atoms with Gasteiger partial charge in [0.2, 0.25) is 0 Å². The molecule has 1 aliphatic carbocycles. The molecule has 0 unspecified atom stereocenters. The average Bonchev–Trinajstić information content (AvgIpc) is 3.30. The molecular formula is C16H20N4O2. The molecule has 3 rings (SSSR count). The number of ether oxygens (including phenoxy) is 2. The number of nitrogens with zero attached hydrogens (tertiary/aromatic N) is 2. The van der Waals surface area contributed by atoms with Crippen molar-refractivity contribution >= 4 is 17.3 Å². The molecule has 6 heteroatoms. The van der Waals surface area contributed by atoms with Gasteiger partial charge in [-0.05, 0) is 31.9 Å². The molecule has 1 aromatic heterocycles. The summed E-state index contributed by atoms with van der Waals surface area (Å²) in [4.78, 5) is 8.83. The molecule has 2 aromatic rings. The molecule has 1 saturated carbocycles. The molecule has 0 saturated heterocycles. The van der Waals surface area contributed by atoms with Crippen molar-refractivity contribution in [3.63, 3.8) is 0 Å². The molecule has 0 amide bonds. The van der Waals surface area contributed by atoms with E-state index in [1.807, 2.05) is 31.2 Å². The van der Waals surface area contributed by atoms with Gasteiger partial charge in [0.15, 0.2) is 11.5 Å². The number of hydrogen-bond acceptors (Lipinski definition) is 6. The SMILES string of the molecule is COc1ccc(Nc2cc(NC3CC3)nc(C)n2)cc1OC. The van der Waals surface area contributed by atoms with Gasteiger partial charge in [0.25, 0.3) is 0 Å². The topological polar surface area (TPSA) is 68.3 Å². The highest BCUT2D eigenvalue weighted by molar-refractivity contribution is 5.63. The Hall–Kier alpha value is -2.50. The average molecular weight is 300 g/mol. The van der Waals surface area contributed by atoms with Crippen LogP contribution in [0.4, 0.5) is 17.3 Å². The largest absolute Gasteiger partial charge is 0.493 e. The van der Waals surface area contributed by atoms with Crippen LogP contribution in [0, 0.1) is 6.92 Å². The Labute approximate surface area is 129 Å². The lowest BCUT2D eigenvalue weighted by Crippen LogP contribution is -2.06. The summed E-state index contributed by atoms with van der Waals surface area (Å²) in [6, 6.07) is 8.14. The van der Waals surface area contributed by atoms with Gasteiger partial charge in [-0.3, -0.25) is 0 Å². The van der Waals surface area contributed by atoms with E-state index in [1.165, 1.54) is 12.8 Å². The van der Waals surface area contributed by atoms with Crippen LogP contribution in [0.2, 0.25) is 0 Å². The van der Waals surface area contributed by atoms with Crippen LogP contribution in [-0.4, -0.2) is 30.2 Å². The maximum absolute atomic E-state index is 5.31. The number of nitrogens with one attached hydrogen (secondary N) is 2. The van der Waals surface area contributed by atoms with Crippen molar-refractivity contribution in [3.05, 3.63) is 30.1 Å². The van der Waals surface area contributed by atoms with E-state index in [0.29, 0.717) is 17.5 Å². The Bertz CT molecular complexity index is 671. The molecular weight excluding hydrogens is 280 g/mol. The summed E-state index contributed by atoms with van der Waals surface area (Å²) < 4.78 is 10.6.